The van der Waals surface area contributed by atoms with Gasteiger partial charge in [-0.1, -0.05) is 32.9 Å². The van der Waals surface area contributed by atoms with Gasteiger partial charge in [-0.25, -0.2) is 13.1 Å². The summed E-state index contributed by atoms with van der Waals surface area (Å²) in [5.74, 6) is -0.216. The summed E-state index contributed by atoms with van der Waals surface area (Å²) in [5.41, 5.74) is 2.04. The van der Waals surface area contributed by atoms with Crippen LogP contribution in [0.1, 0.15) is 50.5 Å². The Kier molecular flexibility index (Phi) is 6.52. The molecule has 0 bridgehead atoms. The first-order valence-electron chi connectivity index (χ1n) is 9.06. The topological polar surface area (TPSA) is 84.5 Å². The van der Waals surface area contributed by atoms with Crippen molar-refractivity contribution < 1.29 is 17.9 Å². The Bertz CT molecular complexity index is 943. The average molecular weight is 405 g/mol. The van der Waals surface area contributed by atoms with E-state index < -0.39 is 15.9 Å². The number of amides is 1. The number of nitrogens with one attached hydrogen (secondary N) is 2. The molecule has 0 atom stereocenters. The van der Waals surface area contributed by atoms with Crippen molar-refractivity contribution in [3.63, 3.8) is 0 Å². The zero-order valence-corrected chi connectivity index (χ0v) is 18.0. The van der Waals surface area contributed by atoms with Gasteiger partial charge in [-0.3, -0.25) is 4.79 Å². The number of carbonyl (C=O) groups excluding carboxylic acids is 1. The predicted molar refractivity (Wildman–Crippen MR) is 112 cm³/mol. The number of anilines is 1. The zero-order chi connectivity index (χ0) is 21.1. The first-order chi connectivity index (χ1) is 12.9. The molecule has 7 heteroatoms. The molecule has 0 aliphatic heterocycles. The second kappa shape index (κ2) is 8.32. The van der Waals surface area contributed by atoms with Crippen molar-refractivity contribution in [2.24, 2.45) is 0 Å². The maximum Gasteiger partial charge on any atom is 0.255 e. The SMILES string of the molecule is COc1ccc(C(=O)Nc2ccc(C(C)(C)C)cc2)cc1S(=O)(=O)NC(C)C. The lowest BCUT2D eigenvalue weighted by Gasteiger charge is -2.19. The van der Waals surface area contributed by atoms with Crippen LogP contribution >= 0.6 is 0 Å². The monoisotopic (exact) mass is 404 g/mol. The molecule has 0 aliphatic carbocycles. The summed E-state index contributed by atoms with van der Waals surface area (Å²) >= 11 is 0. The Balaban J connectivity index is 2.30. The first-order valence-corrected chi connectivity index (χ1v) is 10.5. The highest BCUT2D eigenvalue weighted by Gasteiger charge is 2.22. The van der Waals surface area contributed by atoms with Crippen LogP contribution in [0.3, 0.4) is 0 Å². The fraction of sp³-hybridized carbons (Fsp3) is 0.381. The number of carbonyl (C=O) groups is 1. The van der Waals surface area contributed by atoms with Gasteiger partial charge in [0.2, 0.25) is 10.0 Å². The molecule has 0 radical (unpaired) electrons. The van der Waals surface area contributed by atoms with Gasteiger partial charge in [0, 0.05) is 17.3 Å². The van der Waals surface area contributed by atoms with Crippen molar-refractivity contribution in [1.82, 2.24) is 4.72 Å². The average Bonchev–Trinajstić information content (AvgIpc) is 2.59. The third-order valence-corrected chi connectivity index (χ3v) is 5.79. The normalized spacial score (nSPS) is 12.1. The molecule has 28 heavy (non-hydrogen) atoms. The van der Waals surface area contributed by atoms with Gasteiger partial charge in [0.25, 0.3) is 5.91 Å². The second-order valence-electron chi connectivity index (χ2n) is 7.92. The molecule has 2 rings (SSSR count). The Labute approximate surface area is 167 Å². The van der Waals surface area contributed by atoms with E-state index in [1.165, 1.54) is 25.3 Å². The Morgan fingerprint density at radius 1 is 1.04 bits per heavy atom. The van der Waals surface area contributed by atoms with Gasteiger partial charge in [0.15, 0.2) is 0 Å². The van der Waals surface area contributed by atoms with E-state index in [1.54, 1.807) is 13.8 Å². The zero-order valence-electron chi connectivity index (χ0n) is 17.2. The van der Waals surface area contributed by atoms with Gasteiger partial charge < -0.3 is 10.1 Å². The van der Waals surface area contributed by atoms with Crippen LogP contribution in [-0.2, 0) is 15.4 Å². The standard InChI is InChI=1S/C21H28N2O4S/c1-14(2)23-28(25,26)19-13-15(7-12-18(19)27-6)20(24)22-17-10-8-16(9-11-17)21(3,4)5/h7-14,23H,1-6H3,(H,22,24). The Morgan fingerprint density at radius 2 is 1.64 bits per heavy atom. The first kappa shape index (κ1) is 21.9. The van der Waals surface area contributed by atoms with Crippen molar-refractivity contribution in [2.45, 2.75) is 51.0 Å². The molecule has 0 aromatic heterocycles. The highest BCUT2D eigenvalue weighted by molar-refractivity contribution is 7.89. The van der Waals surface area contributed by atoms with Crippen LogP contribution in [-0.4, -0.2) is 27.5 Å². The third kappa shape index (κ3) is 5.33. The summed E-state index contributed by atoms with van der Waals surface area (Å²) in [6.45, 7) is 9.80. The molecular weight excluding hydrogens is 376 g/mol. The van der Waals surface area contributed by atoms with E-state index >= 15 is 0 Å². The van der Waals surface area contributed by atoms with Gasteiger partial charge >= 0.3 is 0 Å². The van der Waals surface area contributed by atoms with Crippen LogP contribution in [0.25, 0.3) is 0 Å². The van der Waals surface area contributed by atoms with Crippen LogP contribution in [0.2, 0.25) is 0 Å². The van der Waals surface area contributed by atoms with Crippen LogP contribution in [0.5, 0.6) is 5.75 Å². The Hall–Kier alpha value is -2.38. The molecule has 2 aromatic rings. The lowest BCUT2D eigenvalue weighted by molar-refractivity contribution is 0.102. The number of rotatable bonds is 6. The largest absolute Gasteiger partial charge is 0.495 e. The number of methoxy groups -OCH3 is 1. The van der Waals surface area contributed by atoms with Gasteiger partial charge in [-0.2, -0.15) is 0 Å². The minimum absolute atomic E-state index is 0.0190. The maximum atomic E-state index is 12.6. The fourth-order valence-corrected chi connectivity index (χ4v) is 4.10. The van der Waals surface area contributed by atoms with Crippen LogP contribution in [0, 0.1) is 0 Å². The second-order valence-corrected chi connectivity index (χ2v) is 9.61. The molecule has 0 saturated carbocycles. The van der Waals surface area contributed by atoms with Gasteiger partial charge in [0.1, 0.15) is 10.6 Å². The van der Waals surface area contributed by atoms with Crippen LogP contribution in [0.15, 0.2) is 47.4 Å². The van der Waals surface area contributed by atoms with Crippen LogP contribution < -0.4 is 14.8 Å². The van der Waals surface area contributed by atoms with E-state index in [2.05, 4.69) is 30.8 Å². The van der Waals surface area contributed by atoms with Crippen molar-refractivity contribution in [2.75, 3.05) is 12.4 Å². The molecule has 0 fully saturated rings. The molecule has 2 N–H and O–H groups in total. The number of hydrogen-bond donors (Lipinski definition) is 2. The quantitative estimate of drug-likeness (QED) is 0.764. The molecule has 0 heterocycles. The fourth-order valence-electron chi connectivity index (χ4n) is 2.66. The van der Waals surface area contributed by atoms with Gasteiger partial charge in [-0.15, -0.1) is 0 Å². The molecular formula is C21H28N2O4S. The van der Waals surface area contributed by atoms with Crippen molar-refractivity contribution in [1.29, 1.82) is 0 Å². The lowest BCUT2D eigenvalue weighted by atomic mass is 9.87. The molecule has 6 nitrogen and oxygen atoms in total. The summed E-state index contributed by atoms with van der Waals surface area (Å²) in [4.78, 5) is 12.6. The minimum Gasteiger partial charge on any atom is -0.495 e. The molecule has 0 saturated heterocycles. The van der Waals surface area contributed by atoms with E-state index in [9.17, 15) is 13.2 Å². The van der Waals surface area contributed by atoms with E-state index in [-0.39, 0.29) is 27.7 Å². The number of ether oxygens (including phenoxy) is 1. The molecule has 1 amide bonds. The van der Waals surface area contributed by atoms with E-state index in [1.807, 2.05) is 24.3 Å². The van der Waals surface area contributed by atoms with Crippen molar-refractivity contribution in [3.05, 3.63) is 53.6 Å². The molecule has 2 aromatic carbocycles. The summed E-state index contributed by atoms with van der Waals surface area (Å²) in [7, 11) is -2.42. The summed E-state index contributed by atoms with van der Waals surface area (Å²) in [6, 6.07) is 11.6. The van der Waals surface area contributed by atoms with Crippen molar-refractivity contribution in [3.8, 4) is 5.75 Å². The molecule has 0 aliphatic rings. The highest BCUT2D eigenvalue weighted by atomic mass is 32.2. The van der Waals surface area contributed by atoms with Crippen molar-refractivity contribution >= 4 is 21.6 Å². The van der Waals surface area contributed by atoms with Gasteiger partial charge in [-0.05, 0) is 55.2 Å². The minimum atomic E-state index is -3.81. The third-order valence-electron chi connectivity index (χ3n) is 4.11. The molecule has 0 unspecified atom stereocenters. The van der Waals surface area contributed by atoms with E-state index in [0.29, 0.717) is 5.69 Å². The van der Waals surface area contributed by atoms with Crippen LogP contribution in [0.4, 0.5) is 5.69 Å². The van der Waals surface area contributed by atoms with E-state index in [4.69, 9.17) is 4.74 Å². The summed E-state index contributed by atoms with van der Waals surface area (Å²) in [6.07, 6.45) is 0. The highest BCUT2D eigenvalue weighted by Crippen LogP contribution is 2.26. The van der Waals surface area contributed by atoms with Gasteiger partial charge in [0.05, 0.1) is 7.11 Å². The predicted octanol–water partition coefficient (Wildman–Crippen LogP) is 3.93. The van der Waals surface area contributed by atoms with E-state index in [0.717, 1.165) is 5.56 Å². The lowest BCUT2D eigenvalue weighted by Crippen LogP contribution is -2.30. The number of hydrogen-bond acceptors (Lipinski definition) is 4. The Morgan fingerprint density at radius 3 is 2.14 bits per heavy atom. The number of sulfonamides is 1. The maximum absolute atomic E-state index is 12.6. The smallest absolute Gasteiger partial charge is 0.255 e. The summed E-state index contributed by atoms with van der Waals surface area (Å²) in [5, 5.41) is 2.80. The number of benzene rings is 2. The summed E-state index contributed by atoms with van der Waals surface area (Å²) < 4.78 is 32.8. The molecule has 152 valence electrons. The molecule has 0 spiro atoms.